The molecule has 2 fully saturated rings. The van der Waals surface area contributed by atoms with Crippen LogP contribution in [-0.2, 0) is 6.54 Å². The predicted octanol–water partition coefficient (Wildman–Crippen LogP) is 3.51. The highest BCUT2D eigenvalue weighted by atomic mass is 16.2. The maximum absolute atomic E-state index is 12.6. The van der Waals surface area contributed by atoms with Crippen LogP contribution in [0.3, 0.4) is 0 Å². The van der Waals surface area contributed by atoms with E-state index in [0.717, 1.165) is 68.6 Å². The Morgan fingerprint density at radius 2 is 1.70 bits per heavy atom. The maximum Gasteiger partial charge on any atom is 0.253 e. The molecule has 0 atom stereocenters. The summed E-state index contributed by atoms with van der Waals surface area (Å²) in [6.07, 6.45) is 5.96. The van der Waals surface area contributed by atoms with Crippen LogP contribution in [0.1, 0.15) is 61.9 Å². The summed E-state index contributed by atoms with van der Waals surface area (Å²) in [7, 11) is 0. The number of likely N-dealkylation sites (tertiary alicyclic amines) is 2. The van der Waals surface area contributed by atoms with Crippen molar-refractivity contribution in [3.8, 4) is 0 Å². The number of rotatable bonds is 4. The van der Waals surface area contributed by atoms with Gasteiger partial charge < -0.3 is 15.1 Å². The quantitative estimate of drug-likeness (QED) is 0.652. The molecule has 0 bridgehead atoms. The van der Waals surface area contributed by atoms with Crippen LogP contribution in [-0.4, -0.2) is 54.4 Å². The molecule has 2 aliphatic heterocycles. The van der Waals surface area contributed by atoms with E-state index in [1.54, 1.807) is 0 Å². The van der Waals surface area contributed by atoms with Gasteiger partial charge in [-0.2, -0.15) is 0 Å². The fourth-order valence-electron chi connectivity index (χ4n) is 3.84. The zero-order valence-corrected chi connectivity index (χ0v) is 16.9. The SMILES string of the molecule is CCNC(=NCc1ccc(C(=O)N2CCCCC2)cc1)N1CCC(C)CC1. The summed E-state index contributed by atoms with van der Waals surface area (Å²) in [6, 6.07) is 8.00. The molecule has 2 saturated heterocycles. The Morgan fingerprint density at radius 3 is 2.33 bits per heavy atom. The highest BCUT2D eigenvalue weighted by Crippen LogP contribution is 2.17. The van der Waals surface area contributed by atoms with E-state index in [-0.39, 0.29) is 5.91 Å². The molecule has 1 aromatic rings. The molecule has 27 heavy (non-hydrogen) atoms. The van der Waals surface area contributed by atoms with E-state index in [1.165, 1.54) is 19.3 Å². The van der Waals surface area contributed by atoms with Gasteiger partial charge in [-0.3, -0.25) is 4.79 Å². The lowest BCUT2D eigenvalue weighted by molar-refractivity contribution is 0.0724. The van der Waals surface area contributed by atoms with Crippen LogP contribution in [0.2, 0.25) is 0 Å². The molecule has 1 aromatic carbocycles. The lowest BCUT2D eigenvalue weighted by Crippen LogP contribution is -2.45. The van der Waals surface area contributed by atoms with Crippen LogP contribution in [0.4, 0.5) is 0 Å². The smallest absolute Gasteiger partial charge is 0.253 e. The molecule has 0 spiro atoms. The summed E-state index contributed by atoms with van der Waals surface area (Å²) >= 11 is 0. The van der Waals surface area contributed by atoms with E-state index >= 15 is 0 Å². The Hall–Kier alpha value is -2.04. The molecule has 3 rings (SSSR count). The Balaban J connectivity index is 1.60. The zero-order chi connectivity index (χ0) is 19.1. The van der Waals surface area contributed by atoms with Gasteiger partial charge in [0.2, 0.25) is 0 Å². The van der Waals surface area contributed by atoms with Crippen LogP contribution < -0.4 is 5.32 Å². The summed E-state index contributed by atoms with van der Waals surface area (Å²) in [5.74, 6) is 1.99. The number of hydrogen-bond donors (Lipinski definition) is 1. The van der Waals surface area contributed by atoms with Crippen molar-refractivity contribution in [1.29, 1.82) is 0 Å². The maximum atomic E-state index is 12.6. The Kier molecular flexibility index (Phi) is 7.13. The second-order valence-corrected chi connectivity index (χ2v) is 7.89. The van der Waals surface area contributed by atoms with Gasteiger partial charge in [0.1, 0.15) is 0 Å². The number of aliphatic imine (C=N–C) groups is 1. The second kappa shape index (κ2) is 9.77. The zero-order valence-electron chi connectivity index (χ0n) is 16.9. The fraction of sp³-hybridized carbons (Fsp3) is 0.636. The first kappa shape index (κ1) is 19.7. The number of nitrogens with one attached hydrogen (secondary N) is 1. The predicted molar refractivity (Wildman–Crippen MR) is 111 cm³/mol. The van der Waals surface area contributed by atoms with E-state index in [2.05, 4.69) is 24.1 Å². The molecular weight excluding hydrogens is 336 g/mol. The van der Waals surface area contributed by atoms with Gasteiger partial charge in [0.25, 0.3) is 5.91 Å². The molecule has 2 aliphatic rings. The van der Waals surface area contributed by atoms with Crippen molar-refractivity contribution < 1.29 is 4.79 Å². The average Bonchev–Trinajstić information content (AvgIpc) is 2.72. The minimum Gasteiger partial charge on any atom is -0.357 e. The first-order valence-corrected chi connectivity index (χ1v) is 10.6. The number of guanidine groups is 1. The van der Waals surface area contributed by atoms with Gasteiger partial charge >= 0.3 is 0 Å². The third-order valence-electron chi connectivity index (χ3n) is 5.67. The van der Waals surface area contributed by atoms with Gasteiger partial charge in [-0.15, -0.1) is 0 Å². The number of nitrogens with zero attached hydrogens (tertiary/aromatic N) is 3. The molecule has 0 aromatic heterocycles. The van der Waals surface area contributed by atoms with E-state index < -0.39 is 0 Å². The number of carbonyl (C=O) groups excluding carboxylic acids is 1. The largest absolute Gasteiger partial charge is 0.357 e. The van der Waals surface area contributed by atoms with Crippen LogP contribution in [0.15, 0.2) is 29.3 Å². The molecule has 5 heteroatoms. The monoisotopic (exact) mass is 370 g/mol. The van der Waals surface area contributed by atoms with Gasteiger partial charge in [-0.05, 0) is 62.6 Å². The third kappa shape index (κ3) is 5.47. The number of amides is 1. The summed E-state index contributed by atoms with van der Waals surface area (Å²) in [5.41, 5.74) is 1.94. The van der Waals surface area contributed by atoms with Crippen molar-refractivity contribution in [2.75, 3.05) is 32.7 Å². The number of hydrogen-bond acceptors (Lipinski definition) is 2. The molecule has 0 saturated carbocycles. The highest BCUT2D eigenvalue weighted by molar-refractivity contribution is 5.94. The van der Waals surface area contributed by atoms with Crippen molar-refractivity contribution in [3.05, 3.63) is 35.4 Å². The lowest BCUT2D eigenvalue weighted by atomic mass is 10.00. The van der Waals surface area contributed by atoms with Crippen LogP contribution in [0, 0.1) is 5.92 Å². The summed E-state index contributed by atoms with van der Waals surface area (Å²) in [5, 5.41) is 3.43. The minimum atomic E-state index is 0.167. The first-order chi connectivity index (χ1) is 13.2. The van der Waals surface area contributed by atoms with Crippen LogP contribution in [0.5, 0.6) is 0 Å². The van der Waals surface area contributed by atoms with E-state index in [0.29, 0.717) is 6.54 Å². The highest BCUT2D eigenvalue weighted by Gasteiger charge is 2.19. The van der Waals surface area contributed by atoms with Gasteiger partial charge in [-0.1, -0.05) is 19.1 Å². The van der Waals surface area contributed by atoms with Gasteiger partial charge in [-0.25, -0.2) is 4.99 Å². The van der Waals surface area contributed by atoms with Crippen LogP contribution >= 0.6 is 0 Å². The molecular formula is C22H34N4O. The number of piperidine rings is 2. The second-order valence-electron chi connectivity index (χ2n) is 7.89. The summed E-state index contributed by atoms with van der Waals surface area (Å²) < 4.78 is 0. The van der Waals surface area contributed by atoms with Gasteiger partial charge in [0, 0.05) is 38.3 Å². The van der Waals surface area contributed by atoms with E-state index in [4.69, 9.17) is 4.99 Å². The number of benzene rings is 1. The normalized spacial score (nSPS) is 19.3. The Labute approximate surface area is 163 Å². The molecule has 1 amide bonds. The molecule has 5 nitrogen and oxygen atoms in total. The minimum absolute atomic E-state index is 0.167. The standard InChI is InChI=1S/C22H34N4O/c1-3-23-22(26-15-11-18(2)12-16-26)24-17-19-7-9-20(10-8-19)21(27)25-13-5-4-6-14-25/h7-10,18H,3-6,11-17H2,1-2H3,(H,23,24). The summed E-state index contributed by atoms with van der Waals surface area (Å²) in [4.78, 5) is 21.8. The van der Waals surface area contributed by atoms with Crippen molar-refractivity contribution in [1.82, 2.24) is 15.1 Å². The first-order valence-electron chi connectivity index (χ1n) is 10.6. The Bertz CT molecular complexity index is 626. The molecule has 0 unspecified atom stereocenters. The summed E-state index contributed by atoms with van der Waals surface area (Å²) in [6.45, 7) is 9.92. The molecule has 148 valence electrons. The van der Waals surface area contributed by atoms with Gasteiger partial charge in [0.15, 0.2) is 5.96 Å². The molecule has 0 aliphatic carbocycles. The van der Waals surface area contributed by atoms with E-state index in [1.807, 2.05) is 29.2 Å². The molecule has 1 N–H and O–H groups in total. The van der Waals surface area contributed by atoms with Crippen LogP contribution in [0.25, 0.3) is 0 Å². The van der Waals surface area contributed by atoms with Crippen molar-refractivity contribution in [3.63, 3.8) is 0 Å². The van der Waals surface area contributed by atoms with Crippen molar-refractivity contribution in [2.45, 2.75) is 52.5 Å². The number of carbonyl (C=O) groups is 1. The van der Waals surface area contributed by atoms with Crippen molar-refractivity contribution >= 4 is 11.9 Å². The molecule has 0 radical (unpaired) electrons. The van der Waals surface area contributed by atoms with Crippen molar-refractivity contribution in [2.24, 2.45) is 10.9 Å². The fourth-order valence-corrected chi connectivity index (χ4v) is 3.84. The average molecular weight is 371 g/mol. The topological polar surface area (TPSA) is 47.9 Å². The van der Waals surface area contributed by atoms with Gasteiger partial charge in [0.05, 0.1) is 6.54 Å². The molecule has 2 heterocycles. The Morgan fingerprint density at radius 1 is 1.04 bits per heavy atom. The third-order valence-corrected chi connectivity index (χ3v) is 5.67. The lowest BCUT2D eigenvalue weighted by Gasteiger charge is -2.33. The van der Waals surface area contributed by atoms with E-state index in [9.17, 15) is 4.79 Å².